The average Bonchev–Trinajstić information content (AvgIpc) is 2.57. The second-order valence-electron chi connectivity index (χ2n) is 4.19. The Morgan fingerprint density at radius 1 is 1.39 bits per heavy atom. The summed E-state index contributed by atoms with van der Waals surface area (Å²) in [7, 11) is 0. The monoisotopic (exact) mass is 310 g/mol. The number of halogens is 1. The molecule has 0 radical (unpaired) electrons. The fraction of sp³-hybridized carbons (Fsp3) is 0.385. The molecule has 4 nitrogen and oxygen atoms in total. The number of hydrogen-bond donors (Lipinski definition) is 1. The van der Waals surface area contributed by atoms with E-state index in [1.165, 1.54) is 0 Å². The van der Waals surface area contributed by atoms with Crippen molar-refractivity contribution in [2.45, 2.75) is 19.8 Å². The van der Waals surface area contributed by atoms with Crippen molar-refractivity contribution < 1.29 is 9.53 Å². The summed E-state index contributed by atoms with van der Waals surface area (Å²) in [6.07, 6.45) is 3.14. The number of nitrogens with one attached hydrogen (secondary N) is 1. The van der Waals surface area contributed by atoms with Gasteiger partial charge in [-0.25, -0.2) is 4.98 Å². The molecule has 0 bridgehead atoms. The van der Waals surface area contributed by atoms with Crippen LogP contribution in [-0.4, -0.2) is 24.1 Å². The minimum Gasteiger partial charge on any atom is -0.381 e. The number of ether oxygens (including phenoxy) is 1. The molecular weight excluding hydrogens is 296 g/mol. The summed E-state index contributed by atoms with van der Waals surface area (Å²) in [5.41, 5.74) is 1.92. The molecule has 0 spiro atoms. The normalized spacial score (nSPS) is 16.3. The minimum absolute atomic E-state index is 0.0761. The number of anilines is 1. The Balaban J connectivity index is 2.09. The van der Waals surface area contributed by atoms with Gasteiger partial charge < -0.3 is 10.1 Å². The number of carbonyl (C=O) groups excluding carboxylic acids is 1. The zero-order valence-corrected chi connectivity index (χ0v) is 11.8. The van der Waals surface area contributed by atoms with Gasteiger partial charge in [-0.05, 0) is 41.4 Å². The van der Waals surface area contributed by atoms with Gasteiger partial charge in [0, 0.05) is 22.7 Å². The molecule has 18 heavy (non-hydrogen) atoms. The number of nitrogens with zero attached hydrogens (tertiary/aromatic N) is 1. The maximum absolute atomic E-state index is 12.1. The smallest absolute Gasteiger partial charge is 0.252 e. The Labute approximate surface area is 115 Å². The summed E-state index contributed by atoms with van der Waals surface area (Å²) in [5.74, 6) is 0.487. The van der Waals surface area contributed by atoms with Gasteiger partial charge in [-0.1, -0.05) is 5.57 Å². The lowest BCUT2D eigenvalue weighted by Crippen LogP contribution is -2.17. The molecule has 1 aliphatic rings. The molecule has 0 unspecified atom stereocenters. The standard InChI is InChI=1S/C13H15BrN2O2/c1-9-4-6-18-7-5-11(9)13(17)16-12-3-2-10(14)8-15-12/h2-3,8H,4-7H2,1H3,(H,15,16,17). The van der Waals surface area contributed by atoms with Gasteiger partial charge in [-0.3, -0.25) is 4.79 Å². The van der Waals surface area contributed by atoms with Gasteiger partial charge in [-0.2, -0.15) is 0 Å². The summed E-state index contributed by atoms with van der Waals surface area (Å²) in [6, 6.07) is 3.62. The molecule has 0 atom stereocenters. The van der Waals surface area contributed by atoms with Crippen LogP contribution in [0.3, 0.4) is 0 Å². The molecule has 1 aromatic heterocycles. The highest BCUT2D eigenvalue weighted by Crippen LogP contribution is 2.18. The fourth-order valence-electron chi connectivity index (χ4n) is 1.81. The predicted molar refractivity (Wildman–Crippen MR) is 73.3 cm³/mol. The van der Waals surface area contributed by atoms with Crippen LogP contribution in [0.5, 0.6) is 0 Å². The van der Waals surface area contributed by atoms with Crippen LogP contribution in [0.1, 0.15) is 19.8 Å². The Morgan fingerprint density at radius 2 is 2.17 bits per heavy atom. The highest BCUT2D eigenvalue weighted by atomic mass is 79.9. The van der Waals surface area contributed by atoms with Crippen LogP contribution in [0, 0.1) is 0 Å². The first-order valence-corrected chi connectivity index (χ1v) is 6.65. The van der Waals surface area contributed by atoms with Crippen molar-refractivity contribution in [2.24, 2.45) is 0 Å². The van der Waals surface area contributed by atoms with Crippen molar-refractivity contribution in [1.29, 1.82) is 0 Å². The van der Waals surface area contributed by atoms with Crippen LogP contribution in [0.25, 0.3) is 0 Å². The topological polar surface area (TPSA) is 51.2 Å². The third kappa shape index (κ3) is 3.40. The molecular formula is C13H15BrN2O2. The van der Waals surface area contributed by atoms with Gasteiger partial charge in [0.1, 0.15) is 5.82 Å². The third-order valence-electron chi connectivity index (χ3n) is 2.88. The molecule has 1 aliphatic heterocycles. The van der Waals surface area contributed by atoms with Gasteiger partial charge in [-0.15, -0.1) is 0 Å². The van der Waals surface area contributed by atoms with Gasteiger partial charge in [0.05, 0.1) is 13.2 Å². The molecule has 2 rings (SSSR count). The van der Waals surface area contributed by atoms with E-state index in [9.17, 15) is 4.79 Å². The van der Waals surface area contributed by atoms with Crippen LogP contribution in [0.4, 0.5) is 5.82 Å². The number of rotatable bonds is 2. The van der Waals surface area contributed by atoms with E-state index in [0.29, 0.717) is 25.5 Å². The summed E-state index contributed by atoms with van der Waals surface area (Å²) in [6.45, 7) is 3.28. The molecule has 1 aromatic rings. The van der Waals surface area contributed by atoms with Gasteiger partial charge in [0.2, 0.25) is 0 Å². The van der Waals surface area contributed by atoms with Crippen molar-refractivity contribution >= 4 is 27.7 Å². The maximum Gasteiger partial charge on any atom is 0.252 e. The van der Waals surface area contributed by atoms with Gasteiger partial charge >= 0.3 is 0 Å². The summed E-state index contributed by atoms with van der Waals surface area (Å²) in [5, 5.41) is 2.81. The zero-order valence-electron chi connectivity index (χ0n) is 10.2. The number of pyridine rings is 1. The van der Waals surface area contributed by atoms with E-state index in [4.69, 9.17) is 4.74 Å². The van der Waals surface area contributed by atoms with Crippen LogP contribution in [-0.2, 0) is 9.53 Å². The molecule has 96 valence electrons. The van der Waals surface area contributed by atoms with Crippen molar-refractivity contribution in [3.63, 3.8) is 0 Å². The third-order valence-corrected chi connectivity index (χ3v) is 3.35. The van der Waals surface area contributed by atoms with E-state index in [0.717, 1.165) is 22.0 Å². The molecule has 1 amide bonds. The predicted octanol–water partition coefficient (Wildman–Crippen LogP) is 2.91. The summed E-state index contributed by atoms with van der Waals surface area (Å²) >= 11 is 3.31. The first kappa shape index (κ1) is 13.2. The van der Waals surface area contributed by atoms with Crippen LogP contribution in [0.2, 0.25) is 0 Å². The molecule has 0 saturated heterocycles. The lowest BCUT2D eigenvalue weighted by molar-refractivity contribution is -0.113. The number of aromatic nitrogens is 1. The molecule has 5 heteroatoms. The second-order valence-corrected chi connectivity index (χ2v) is 5.10. The Kier molecular flexibility index (Phi) is 4.49. The zero-order chi connectivity index (χ0) is 13.0. The molecule has 0 fully saturated rings. The van der Waals surface area contributed by atoms with Gasteiger partial charge in [0.15, 0.2) is 0 Å². The molecule has 1 N–H and O–H groups in total. The average molecular weight is 311 g/mol. The molecule has 0 aromatic carbocycles. The van der Waals surface area contributed by atoms with Gasteiger partial charge in [0.25, 0.3) is 5.91 Å². The Hall–Kier alpha value is -1.20. The van der Waals surface area contributed by atoms with Crippen LogP contribution in [0.15, 0.2) is 33.9 Å². The lowest BCUT2D eigenvalue weighted by Gasteiger charge is -2.09. The molecule has 2 heterocycles. The highest BCUT2D eigenvalue weighted by Gasteiger charge is 2.16. The number of amides is 1. The first-order valence-electron chi connectivity index (χ1n) is 5.86. The van der Waals surface area contributed by atoms with Crippen molar-refractivity contribution in [2.75, 3.05) is 18.5 Å². The minimum atomic E-state index is -0.0761. The van der Waals surface area contributed by atoms with E-state index in [2.05, 4.69) is 26.2 Å². The summed E-state index contributed by atoms with van der Waals surface area (Å²) in [4.78, 5) is 16.3. The highest BCUT2D eigenvalue weighted by molar-refractivity contribution is 9.10. The van der Waals surface area contributed by atoms with Crippen molar-refractivity contribution in [3.05, 3.63) is 33.9 Å². The fourth-order valence-corrected chi connectivity index (χ4v) is 2.05. The van der Waals surface area contributed by atoms with E-state index < -0.39 is 0 Å². The van der Waals surface area contributed by atoms with E-state index in [-0.39, 0.29) is 5.91 Å². The molecule has 0 saturated carbocycles. The largest absolute Gasteiger partial charge is 0.381 e. The molecule has 0 aliphatic carbocycles. The number of hydrogen-bond acceptors (Lipinski definition) is 3. The summed E-state index contributed by atoms with van der Waals surface area (Å²) < 4.78 is 6.26. The quantitative estimate of drug-likeness (QED) is 0.913. The van der Waals surface area contributed by atoms with Crippen LogP contribution < -0.4 is 5.32 Å². The second kappa shape index (κ2) is 6.11. The van der Waals surface area contributed by atoms with Crippen molar-refractivity contribution in [3.8, 4) is 0 Å². The van der Waals surface area contributed by atoms with E-state index in [1.807, 2.05) is 13.0 Å². The van der Waals surface area contributed by atoms with Crippen LogP contribution >= 0.6 is 15.9 Å². The Bertz CT molecular complexity index is 468. The Morgan fingerprint density at radius 3 is 2.89 bits per heavy atom. The van der Waals surface area contributed by atoms with Crippen molar-refractivity contribution in [1.82, 2.24) is 4.98 Å². The number of carbonyl (C=O) groups is 1. The first-order chi connectivity index (χ1) is 8.66. The maximum atomic E-state index is 12.1. The SMILES string of the molecule is CC1=C(C(=O)Nc2ccc(Br)cn2)CCOCC1. The lowest BCUT2D eigenvalue weighted by atomic mass is 10.0. The van der Waals surface area contributed by atoms with E-state index >= 15 is 0 Å². The van der Waals surface area contributed by atoms with E-state index in [1.54, 1.807) is 12.3 Å².